The van der Waals surface area contributed by atoms with Crippen LogP contribution in [0.1, 0.15) is 42.6 Å². The Labute approximate surface area is 118 Å². The molecule has 0 radical (unpaired) electrons. The molecule has 1 rings (SSSR count). The van der Waals surface area contributed by atoms with Crippen LogP contribution in [0.5, 0.6) is 5.75 Å². The number of carboxylic acids is 1. The third-order valence-corrected chi connectivity index (χ3v) is 3.21. The Balaban J connectivity index is 2.88. The van der Waals surface area contributed by atoms with E-state index in [9.17, 15) is 14.7 Å². The van der Waals surface area contributed by atoms with Crippen molar-refractivity contribution in [3.05, 3.63) is 29.3 Å². The Bertz CT molecular complexity index is 497. The van der Waals surface area contributed by atoms with Gasteiger partial charge in [-0.15, -0.1) is 0 Å². The van der Waals surface area contributed by atoms with Gasteiger partial charge in [-0.05, 0) is 39.3 Å². The van der Waals surface area contributed by atoms with E-state index in [2.05, 4.69) is 0 Å². The summed E-state index contributed by atoms with van der Waals surface area (Å²) in [5.41, 5.74) is 0.996. The Hall–Kier alpha value is -2.04. The summed E-state index contributed by atoms with van der Waals surface area (Å²) < 4.78 is 0. The van der Waals surface area contributed by atoms with Crippen molar-refractivity contribution in [2.75, 3.05) is 6.54 Å². The van der Waals surface area contributed by atoms with E-state index in [1.165, 1.54) is 6.07 Å². The predicted molar refractivity (Wildman–Crippen MR) is 75.9 cm³/mol. The maximum absolute atomic E-state index is 12.5. The number of phenolic OH excluding ortho intramolecular Hbond substituents is 1. The lowest BCUT2D eigenvalue weighted by atomic mass is 10.1. The van der Waals surface area contributed by atoms with Gasteiger partial charge < -0.3 is 15.1 Å². The average Bonchev–Trinajstić information content (AvgIpc) is 2.36. The second kappa shape index (κ2) is 6.93. The van der Waals surface area contributed by atoms with Gasteiger partial charge in [0, 0.05) is 30.1 Å². The highest BCUT2D eigenvalue weighted by Crippen LogP contribution is 2.21. The molecule has 0 spiro atoms. The minimum absolute atomic E-state index is 0.0296. The van der Waals surface area contributed by atoms with Crippen molar-refractivity contribution in [1.82, 2.24) is 4.90 Å². The molecule has 0 aliphatic heterocycles. The van der Waals surface area contributed by atoms with Gasteiger partial charge in [-0.25, -0.2) is 0 Å². The molecule has 0 bridgehead atoms. The first kappa shape index (κ1) is 16.0. The first-order valence-corrected chi connectivity index (χ1v) is 6.66. The number of amides is 1. The highest BCUT2D eigenvalue weighted by Gasteiger charge is 2.21. The fourth-order valence-electron chi connectivity index (χ4n) is 2.00. The highest BCUT2D eigenvalue weighted by atomic mass is 16.4. The van der Waals surface area contributed by atoms with Gasteiger partial charge in [0.25, 0.3) is 5.91 Å². The molecule has 110 valence electrons. The van der Waals surface area contributed by atoms with Gasteiger partial charge in [0.1, 0.15) is 5.75 Å². The van der Waals surface area contributed by atoms with E-state index in [4.69, 9.17) is 5.11 Å². The maximum atomic E-state index is 12.5. The van der Waals surface area contributed by atoms with Crippen molar-refractivity contribution in [3.8, 4) is 5.75 Å². The summed E-state index contributed by atoms with van der Waals surface area (Å²) in [6, 6.07) is 4.81. The summed E-state index contributed by atoms with van der Waals surface area (Å²) in [5, 5.41) is 18.3. The number of aliphatic carboxylic acids is 1. The summed E-state index contributed by atoms with van der Waals surface area (Å²) in [6.07, 6.45) is 0.451. The predicted octanol–water partition coefficient (Wildman–Crippen LogP) is 2.42. The molecule has 1 aromatic carbocycles. The van der Waals surface area contributed by atoms with Crippen molar-refractivity contribution in [1.29, 1.82) is 0 Å². The number of hydrogen-bond donors (Lipinski definition) is 2. The largest absolute Gasteiger partial charge is 0.508 e. The summed E-state index contributed by atoms with van der Waals surface area (Å²) in [5.74, 6) is -0.960. The van der Waals surface area contributed by atoms with Crippen molar-refractivity contribution in [2.45, 2.75) is 39.7 Å². The third-order valence-electron chi connectivity index (χ3n) is 3.21. The third kappa shape index (κ3) is 3.98. The van der Waals surface area contributed by atoms with Gasteiger partial charge in [0.2, 0.25) is 0 Å². The molecule has 0 aliphatic rings. The van der Waals surface area contributed by atoms with Crippen molar-refractivity contribution in [3.63, 3.8) is 0 Å². The van der Waals surface area contributed by atoms with E-state index < -0.39 is 5.97 Å². The first-order valence-electron chi connectivity index (χ1n) is 6.66. The standard InChI is InChI=1S/C15H21NO4/c1-10(2)16(9-5-8-14(18)19)15(20)12-6-4-7-13(17)11(12)3/h4,6-7,10,17H,5,8-9H2,1-3H3,(H,18,19). The van der Waals surface area contributed by atoms with E-state index in [1.807, 2.05) is 13.8 Å². The number of rotatable bonds is 6. The molecule has 1 aromatic rings. The molecular weight excluding hydrogens is 258 g/mol. The smallest absolute Gasteiger partial charge is 0.303 e. The van der Waals surface area contributed by atoms with E-state index in [0.29, 0.717) is 24.1 Å². The number of aromatic hydroxyl groups is 1. The lowest BCUT2D eigenvalue weighted by Crippen LogP contribution is -2.38. The maximum Gasteiger partial charge on any atom is 0.303 e. The van der Waals surface area contributed by atoms with E-state index >= 15 is 0 Å². The zero-order valence-corrected chi connectivity index (χ0v) is 12.1. The lowest BCUT2D eigenvalue weighted by molar-refractivity contribution is -0.137. The molecule has 1 amide bonds. The first-order chi connectivity index (χ1) is 9.34. The monoisotopic (exact) mass is 279 g/mol. The van der Waals surface area contributed by atoms with Crippen LogP contribution in [0.15, 0.2) is 18.2 Å². The van der Waals surface area contributed by atoms with Crippen molar-refractivity contribution >= 4 is 11.9 Å². The van der Waals surface area contributed by atoms with Gasteiger partial charge in [0.05, 0.1) is 0 Å². The molecule has 0 saturated carbocycles. The molecule has 0 heterocycles. The molecule has 0 aliphatic carbocycles. The van der Waals surface area contributed by atoms with Gasteiger partial charge in [-0.2, -0.15) is 0 Å². The Kier molecular flexibility index (Phi) is 5.55. The second-order valence-electron chi connectivity index (χ2n) is 5.04. The van der Waals surface area contributed by atoms with Gasteiger partial charge in [-0.3, -0.25) is 9.59 Å². The number of nitrogens with zero attached hydrogens (tertiary/aromatic N) is 1. The van der Waals surface area contributed by atoms with Crippen LogP contribution in [0.4, 0.5) is 0 Å². The van der Waals surface area contributed by atoms with Crippen LogP contribution in [0.2, 0.25) is 0 Å². The number of phenols is 1. The number of carbonyl (C=O) groups excluding carboxylic acids is 1. The van der Waals surface area contributed by atoms with E-state index in [-0.39, 0.29) is 24.1 Å². The van der Waals surface area contributed by atoms with Crippen LogP contribution in [-0.2, 0) is 4.79 Å². The fourth-order valence-corrected chi connectivity index (χ4v) is 2.00. The Morgan fingerprint density at radius 2 is 1.95 bits per heavy atom. The zero-order chi connectivity index (χ0) is 15.3. The zero-order valence-electron chi connectivity index (χ0n) is 12.1. The van der Waals surface area contributed by atoms with Crippen molar-refractivity contribution in [2.24, 2.45) is 0 Å². The van der Waals surface area contributed by atoms with E-state index in [1.54, 1.807) is 24.0 Å². The molecule has 0 unspecified atom stereocenters. The topological polar surface area (TPSA) is 77.8 Å². The van der Waals surface area contributed by atoms with Crippen LogP contribution in [0.3, 0.4) is 0 Å². The molecular formula is C15H21NO4. The number of benzene rings is 1. The summed E-state index contributed by atoms with van der Waals surface area (Å²) >= 11 is 0. The molecule has 2 N–H and O–H groups in total. The summed E-state index contributed by atoms with van der Waals surface area (Å²) in [6.45, 7) is 5.85. The van der Waals surface area contributed by atoms with Gasteiger partial charge >= 0.3 is 5.97 Å². The molecule has 0 atom stereocenters. The normalized spacial score (nSPS) is 10.6. The average molecular weight is 279 g/mol. The minimum Gasteiger partial charge on any atom is -0.508 e. The summed E-state index contributed by atoms with van der Waals surface area (Å²) in [4.78, 5) is 24.7. The van der Waals surface area contributed by atoms with Gasteiger partial charge in [0.15, 0.2) is 0 Å². The Morgan fingerprint density at radius 1 is 1.30 bits per heavy atom. The molecule has 20 heavy (non-hydrogen) atoms. The van der Waals surface area contributed by atoms with Crippen LogP contribution in [0, 0.1) is 6.92 Å². The second-order valence-corrected chi connectivity index (χ2v) is 5.04. The van der Waals surface area contributed by atoms with Crippen LogP contribution in [-0.4, -0.2) is 39.6 Å². The molecule has 5 nitrogen and oxygen atoms in total. The van der Waals surface area contributed by atoms with Crippen LogP contribution >= 0.6 is 0 Å². The van der Waals surface area contributed by atoms with Gasteiger partial charge in [-0.1, -0.05) is 6.07 Å². The van der Waals surface area contributed by atoms with E-state index in [0.717, 1.165) is 0 Å². The van der Waals surface area contributed by atoms with Crippen molar-refractivity contribution < 1.29 is 19.8 Å². The molecule has 0 fully saturated rings. The highest BCUT2D eigenvalue weighted by molar-refractivity contribution is 5.96. The number of carbonyl (C=O) groups is 2. The molecule has 0 aromatic heterocycles. The number of carboxylic acid groups (broad SMARTS) is 1. The quantitative estimate of drug-likeness (QED) is 0.838. The SMILES string of the molecule is Cc1c(O)cccc1C(=O)N(CCCC(=O)O)C(C)C. The molecule has 0 saturated heterocycles. The number of hydrogen-bond acceptors (Lipinski definition) is 3. The summed E-state index contributed by atoms with van der Waals surface area (Å²) in [7, 11) is 0. The molecule has 5 heteroatoms. The van der Waals surface area contributed by atoms with Crippen LogP contribution in [0.25, 0.3) is 0 Å². The fraction of sp³-hybridized carbons (Fsp3) is 0.467. The Morgan fingerprint density at radius 3 is 2.50 bits per heavy atom. The lowest BCUT2D eigenvalue weighted by Gasteiger charge is -2.27. The van der Waals surface area contributed by atoms with Crippen LogP contribution < -0.4 is 0 Å². The minimum atomic E-state index is -0.866.